The molecule has 0 atom stereocenters. The largest absolute Gasteiger partial charge is 0.392 e. The number of benzene rings is 2. The van der Waals surface area contributed by atoms with Gasteiger partial charge in [-0.2, -0.15) is 0 Å². The summed E-state index contributed by atoms with van der Waals surface area (Å²) in [4.78, 5) is 0. The molecule has 1 heteroatoms. The van der Waals surface area contributed by atoms with E-state index in [1.807, 2.05) is 12.1 Å². The molecule has 0 aliphatic carbocycles. The monoisotopic (exact) mass is 200 g/mol. The second-order valence-electron chi connectivity index (χ2n) is 3.92. The summed E-state index contributed by atoms with van der Waals surface area (Å²) < 4.78 is 0. The van der Waals surface area contributed by atoms with Crippen molar-refractivity contribution >= 4 is 10.8 Å². The van der Waals surface area contributed by atoms with Gasteiger partial charge in [0.15, 0.2) is 0 Å². The number of aliphatic hydroxyl groups is 1. The Morgan fingerprint density at radius 3 is 2.13 bits per heavy atom. The fraction of sp³-hybridized carbons (Fsp3) is 0.286. The Hall–Kier alpha value is -1.34. The molecule has 0 amide bonds. The third kappa shape index (κ3) is 2.18. The first-order valence-corrected chi connectivity index (χ1v) is 5.46. The SMILES string of the molecule is CCCc1ccc2cc(CO)ccc2c1. The molecule has 0 spiro atoms. The van der Waals surface area contributed by atoms with E-state index in [9.17, 15) is 0 Å². The van der Waals surface area contributed by atoms with E-state index in [4.69, 9.17) is 5.11 Å². The first-order valence-electron chi connectivity index (χ1n) is 5.46. The Balaban J connectivity index is 2.45. The third-order valence-electron chi connectivity index (χ3n) is 2.69. The van der Waals surface area contributed by atoms with Crippen LogP contribution >= 0.6 is 0 Å². The van der Waals surface area contributed by atoms with Gasteiger partial charge in [0.2, 0.25) is 0 Å². The van der Waals surface area contributed by atoms with E-state index < -0.39 is 0 Å². The van der Waals surface area contributed by atoms with Crippen molar-refractivity contribution in [1.82, 2.24) is 0 Å². The number of hydrogen-bond acceptors (Lipinski definition) is 1. The zero-order valence-corrected chi connectivity index (χ0v) is 9.03. The highest BCUT2D eigenvalue weighted by molar-refractivity contribution is 5.83. The molecule has 0 heterocycles. The highest BCUT2D eigenvalue weighted by Crippen LogP contribution is 2.18. The molecule has 1 nitrogen and oxygen atoms in total. The molecule has 2 rings (SSSR count). The molecule has 0 aromatic heterocycles. The van der Waals surface area contributed by atoms with Crippen molar-refractivity contribution in [3.05, 3.63) is 47.5 Å². The van der Waals surface area contributed by atoms with Crippen LogP contribution in [0, 0.1) is 0 Å². The van der Waals surface area contributed by atoms with Crippen LogP contribution in [-0.4, -0.2) is 5.11 Å². The van der Waals surface area contributed by atoms with Gasteiger partial charge in [-0.3, -0.25) is 0 Å². The molecule has 0 fully saturated rings. The van der Waals surface area contributed by atoms with E-state index in [1.165, 1.54) is 22.8 Å². The van der Waals surface area contributed by atoms with Gasteiger partial charge >= 0.3 is 0 Å². The van der Waals surface area contributed by atoms with Gasteiger partial charge in [0, 0.05) is 0 Å². The van der Waals surface area contributed by atoms with Gasteiger partial charge in [-0.1, -0.05) is 43.7 Å². The van der Waals surface area contributed by atoms with Crippen LogP contribution in [0.15, 0.2) is 36.4 Å². The van der Waals surface area contributed by atoms with Crippen molar-refractivity contribution < 1.29 is 5.11 Å². The van der Waals surface area contributed by atoms with Gasteiger partial charge in [0.1, 0.15) is 0 Å². The molecule has 0 radical (unpaired) electrons. The van der Waals surface area contributed by atoms with Crippen LogP contribution in [0.3, 0.4) is 0 Å². The summed E-state index contributed by atoms with van der Waals surface area (Å²) in [5.41, 5.74) is 2.37. The first kappa shape index (κ1) is 10.2. The van der Waals surface area contributed by atoms with Gasteiger partial charge in [-0.15, -0.1) is 0 Å². The van der Waals surface area contributed by atoms with Gasteiger partial charge in [-0.05, 0) is 34.4 Å². The number of aryl methyl sites for hydroxylation is 1. The highest BCUT2D eigenvalue weighted by atomic mass is 16.3. The average molecular weight is 200 g/mol. The maximum atomic E-state index is 9.04. The minimum absolute atomic E-state index is 0.118. The van der Waals surface area contributed by atoms with Crippen molar-refractivity contribution in [1.29, 1.82) is 0 Å². The van der Waals surface area contributed by atoms with E-state index in [0.29, 0.717) is 0 Å². The predicted octanol–water partition coefficient (Wildman–Crippen LogP) is 3.28. The number of aliphatic hydroxyl groups excluding tert-OH is 1. The van der Waals surface area contributed by atoms with Crippen LogP contribution in [0.25, 0.3) is 10.8 Å². The molecule has 0 saturated heterocycles. The predicted molar refractivity (Wildman–Crippen MR) is 63.9 cm³/mol. The van der Waals surface area contributed by atoms with Crippen LogP contribution in [0.5, 0.6) is 0 Å². The standard InChI is InChI=1S/C14H16O/c1-2-3-11-4-6-14-9-12(10-15)5-7-13(14)8-11/h4-9,15H,2-3,10H2,1H3. The van der Waals surface area contributed by atoms with Crippen molar-refractivity contribution in [3.8, 4) is 0 Å². The maximum Gasteiger partial charge on any atom is 0.0682 e. The topological polar surface area (TPSA) is 20.2 Å². The lowest BCUT2D eigenvalue weighted by atomic mass is 10.0. The summed E-state index contributed by atoms with van der Waals surface area (Å²) in [7, 11) is 0. The lowest BCUT2D eigenvalue weighted by Crippen LogP contribution is -1.86. The van der Waals surface area contributed by atoms with Crippen LogP contribution in [0.1, 0.15) is 24.5 Å². The smallest absolute Gasteiger partial charge is 0.0682 e. The number of hydrogen-bond donors (Lipinski definition) is 1. The molecule has 78 valence electrons. The molecule has 0 bridgehead atoms. The maximum absolute atomic E-state index is 9.04. The Morgan fingerprint density at radius 1 is 0.933 bits per heavy atom. The molecule has 2 aromatic carbocycles. The Bertz CT molecular complexity index is 460. The fourth-order valence-electron chi connectivity index (χ4n) is 1.89. The molecule has 0 aliphatic rings. The van der Waals surface area contributed by atoms with Gasteiger partial charge in [-0.25, -0.2) is 0 Å². The molecule has 15 heavy (non-hydrogen) atoms. The fourth-order valence-corrected chi connectivity index (χ4v) is 1.89. The Morgan fingerprint density at radius 2 is 1.53 bits per heavy atom. The van der Waals surface area contributed by atoms with Crippen LogP contribution in [0.2, 0.25) is 0 Å². The van der Waals surface area contributed by atoms with Gasteiger partial charge < -0.3 is 5.11 Å². The van der Waals surface area contributed by atoms with Crippen molar-refractivity contribution in [3.63, 3.8) is 0 Å². The molecule has 0 saturated carbocycles. The van der Waals surface area contributed by atoms with E-state index in [2.05, 4.69) is 31.2 Å². The van der Waals surface area contributed by atoms with E-state index in [1.54, 1.807) is 0 Å². The summed E-state index contributed by atoms with van der Waals surface area (Å²) >= 11 is 0. The normalized spacial score (nSPS) is 10.8. The van der Waals surface area contributed by atoms with Crippen LogP contribution in [-0.2, 0) is 13.0 Å². The summed E-state index contributed by atoms with van der Waals surface area (Å²) in [5.74, 6) is 0. The molecular weight excluding hydrogens is 184 g/mol. The zero-order valence-electron chi connectivity index (χ0n) is 9.03. The third-order valence-corrected chi connectivity index (χ3v) is 2.69. The van der Waals surface area contributed by atoms with E-state index in [-0.39, 0.29) is 6.61 Å². The lowest BCUT2D eigenvalue weighted by Gasteiger charge is -2.04. The van der Waals surface area contributed by atoms with Gasteiger partial charge in [0.05, 0.1) is 6.61 Å². The Labute approximate surface area is 90.4 Å². The molecule has 0 unspecified atom stereocenters. The first-order chi connectivity index (χ1) is 7.33. The molecular formula is C14H16O. The summed E-state index contributed by atoms with van der Waals surface area (Å²) in [6.45, 7) is 2.31. The minimum atomic E-state index is 0.118. The lowest BCUT2D eigenvalue weighted by molar-refractivity contribution is 0.282. The van der Waals surface area contributed by atoms with Crippen molar-refractivity contribution in [2.24, 2.45) is 0 Å². The zero-order chi connectivity index (χ0) is 10.7. The van der Waals surface area contributed by atoms with Crippen molar-refractivity contribution in [2.45, 2.75) is 26.4 Å². The van der Waals surface area contributed by atoms with Crippen molar-refractivity contribution in [2.75, 3.05) is 0 Å². The van der Waals surface area contributed by atoms with E-state index >= 15 is 0 Å². The van der Waals surface area contributed by atoms with Crippen LogP contribution < -0.4 is 0 Å². The number of fused-ring (bicyclic) bond motifs is 1. The van der Waals surface area contributed by atoms with Crippen LogP contribution in [0.4, 0.5) is 0 Å². The van der Waals surface area contributed by atoms with E-state index in [0.717, 1.165) is 12.0 Å². The molecule has 0 aliphatic heterocycles. The minimum Gasteiger partial charge on any atom is -0.392 e. The molecule has 1 N–H and O–H groups in total. The Kier molecular flexibility index (Phi) is 3.02. The second-order valence-corrected chi connectivity index (χ2v) is 3.92. The highest BCUT2D eigenvalue weighted by Gasteiger charge is 1.97. The second kappa shape index (κ2) is 4.45. The number of rotatable bonds is 3. The summed E-state index contributed by atoms with van der Waals surface area (Å²) in [6, 6.07) is 12.7. The quantitative estimate of drug-likeness (QED) is 0.806. The molecule has 2 aromatic rings. The summed E-state index contributed by atoms with van der Waals surface area (Å²) in [6.07, 6.45) is 2.32. The average Bonchev–Trinajstić information content (AvgIpc) is 2.29. The summed E-state index contributed by atoms with van der Waals surface area (Å²) in [5, 5.41) is 11.5. The van der Waals surface area contributed by atoms with Gasteiger partial charge in [0.25, 0.3) is 0 Å².